The molecule has 0 saturated carbocycles. The first-order valence-corrected chi connectivity index (χ1v) is 13.9. The van der Waals surface area contributed by atoms with Crippen LogP contribution < -0.4 is 15.9 Å². The van der Waals surface area contributed by atoms with E-state index in [2.05, 4.69) is 89.1 Å². The molecule has 3 aromatic carbocycles. The van der Waals surface area contributed by atoms with Crippen molar-refractivity contribution in [3.8, 4) is 0 Å². The molecular weight excluding hydrogens is 506 g/mol. The molecule has 0 amide bonds. The predicted octanol–water partition coefficient (Wildman–Crippen LogP) is 5.90. The Morgan fingerprint density at radius 2 is 1.03 bits per heavy atom. The first kappa shape index (κ1) is 24.2. The number of hydrogen-bond donors (Lipinski definition) is 0. The Balaban J connectivity index is 1.86. The number of halogens is 2. The van der Waals surface area contributed by atoms with E-state index in [9.17, 15) is 4.79 Å². The van der Waals surface area contributed by atoms with E-state index in [-0.39, 0.29) is 10.1 Å². The molecule has 0 fully saturated rings. The van der Waals surface area contributed by atoms with Crippen LogP contribution in [0.5, 0.6) is 0 Å². The van der Waals surface area contributed by atoms with Gasteiger partial charge in [-0.25, -0.2) is 0 Å². The smallest absolute Gasteiger partial charge is 0.215 e. The lowest BCUT2D eigenvalue weighted by molar-refractivity contribution is -0.111. The van der Waals surface area contributed by atoms with E-state index in [0.29, 0.717) is 5.71 Å². The zero-order valence-corrected chi connectivity index (χ0v) is 21.5. The Kier molecular flexibility index (Phi) is 7.16. The van der Waals surface area contributed by atoms with Gasteiger partial charge in [0.25, 0.3) is 0 Å². The Hall–Kier alpha value is -3.49. The van der Waals surface area contributed by atoms with Gasteiger partial charge in [0.1, 0.15) is 0 Å². The molecule has 6 heteroatoms. The maximum Gasteiger partial charge on any atom is 0.215 e. The molecule has 3 nitrogen and oxygen atoms in total. The number of rotatable bonds is 4. The van der Waals surface area contributed by atoms with Gasteiger partial charge in [-0.2, -0.15) is 5.10 Å². The van der Waals surface area contributed by atoms with Gasteiger partial charge in [-0.05, 0) is 41.0 Å². The molecule has 0 unspecified atom stereocenters. The lowest BCUT2D eigenvalue weighted by Crippen LogP contribution is -2.32. The second kappa shape index (κ2) is 10.6. The highest BCUT2D eigenvalue weighted by molar-refractivity contribution is 7.96. The molecule has 0 bridgehead atoms. The van der Waals surface area contributed by atoms with Crippen LogP contribution in [0, 0.1) is 0 Å². The first-order chi connectivity index (χ1) is 17.6. The molecule has 0 spiro atoms. The van der Waals surface area contributed by atoms with Crippen LogP contribution in [0.25, 0.3) is 0 Å². The molecule has 0 N–H and O–H groups in total. The van der Waals surface area contributed by atoms with Crippen molar-refractivity contribution in [2.75, 3.05) is 0 Å². The number of ketones is 1. The van der Waals surface area contributed by atoms with E-state index in [1.165, 1.54) is 28.1 Å². The van der Waals surface area contributed by atoms with Gasteiger partial charge >= 0.3 is 0 Å². The van der Waals surface area contributed by atoms with Gasteiger partial charge in [0.05, 0.1) is 21.5 Å². The summed E-state index contributed by atoms with van der Waals surface area (Å²) in [6.45, 7) is -2.35. The van der Waals surface area contributed by atoms with Gasteiger partial charge in [-0.15, -0.1) is 5.10 Å². The minimum atomic E-state index is -2.35. The van der Waals surface area contributed by atoms with Crippen LogP contribution in [0.3, 0.4) is 0 Å². The van der Waals surface area contributed by atoms with Crippen LogP contribution >= 0.6 is 30.1 Å². The van der Waals surface area contributed by atoms with E-state index in [4.69, 9.17) is 23.2 Å². The summed E-state index contributed by atoms with van der Waals surface area (Å²) in [7, 11) is 0. The van der Waals surface area contributed by atoms with Crippen molar-refractivity contribution in [3.63, 3.8) is 0 Å². The summed E-state index contributed by atoms with van der Waals surface area (Å²) in [5.74, 6) is -0.417. The first-order valence-electron chi connectivity index (χ1n) is 11.3. The summed E-state index contributed by atoms with van der Waals surface area (Å²) < 4.78 is 0. The zero-order chi connectivity index (χ0) is 25.0. The minimum Gasteiger partial charge on any atom is -0.287 e. The Bertz CT molecular complexity index is 1420. The van der Waals surface area contributed by atoms with Crippen molar-refractivity contribution in [2.24, 2.45) is 10.2 Å². The van der Waals surface area contributed by atoms with E-state index in [0.717, 1.165) is 11.0 Å². The fourth-order valence-electron chi connectivity index (χ4n) is 4.37. The summed E-state index contributed by atoms with van der Waals surface area (Å²) in [5, 5.41) is 13.9. The molecule has 0 heterocycles. The number of Topliss-reactive ketones (excluding diaryl/α,β-unsaturated/α-hetero) is 1. The molecule has 5 rings (SSSR count). The predicted molar refractivity (Wildman–Crippen MR) is 156 cm³/mol. The van der Waals surface area contributed by atoms with Gasteiger partial charge in [0.2, 0.25) is 5.78 Å². The number of hydrogen-bond acceptors (Lipinski definition) is 3. The molecule has 2 aliphatic carbocycles. The second-order valence-electron chi connectivity index (χ2n) is 8.10. The van der Waals surface area contributed by atoms with Crippen molar-refractivity contribution in [3.05, 3.63) is 138 Å². The zero-order valence-electron chi connectivity index (χ0n) is 19.1. The summed E-state index contributed by atoms with van der Waals surface area (Å²) in [6.07, 6.45) is 11.1. The van der Waals surface area contributed by atoms with Crippen molar-refractivity contribution < 1.29 is 4.79 Å². The third-order valence-electron chi connectivity index (χ3n) is 5.93. The number of benzene rings is 3. The second-order valence-corrected chi connectivity index (χ2v) is 12.3. The van der Waals surface area contributed by atoms with Crippen LogP contribution in [-0.4, -0.2) is 22.5 Å². The van der Waals surface area contributed by atoms with Crippen molar-refractivity contribution in [2.45, 2.75) is 0 Å². The van der Waals surface area contributed by atoms with Crippen molar-refractivity contribution in [1.29, 1.82) is 0 Å². The summed E-state index contributed by atoms with van der Waals surface area (Å²) >= 11 is 12.1. The average molecular weight is 527 g/mol. The Morgan fingerprint density at radius 3 is 1.50 bits per heavy atom. The number of carbonyl (C=O) groups excluding carboxylic acids is 1. The molecule has 0 aliphatic heterocycles. The fraction of sp³-hybridized carbons (Fsp3) is 0. The lowest BCUT2D eigenvalue weighted by atomic mass is 10.1. The molecule has 0 aromatic heterocycles. The molecule has 176 valence electrons. The van der Waals surface area contributed by atoms with Crippen LogP contribution in [0.4, 0.5) is 0 Å². The highest BCUT2D eigenvalue weighted by Crippen LogP contribution is 2.47. The topological polar surface area (TPSA) is 41.8 Å². The molecule has 36 heavy (non-hydrogen) atoms. The van der Waals surface area contributed by atoms with E-state index >= 15 is 0 Å². The monoisotopic (exact) mass is 526 g/mol. The van der Waals surface area contributed by atoms with Gasteiger partial charge in [-0.3, -0.25) is 4.79 Å². The van der Waals surface area contributed by atoms with Crippen LogP contribution in [0.2, 0.25) is 0 Å². The van der Waals surface area contributed by atoms with Gasteiger partial charge in [-0.1, -0.05) is 132 Å². The van der Waals surface area contributed by atoms with Crippen LogP contribution in [0.15, 0.2) is 148 Å². The molecule has 0 saturated heterocycles. The van der Waals surface area contributed by atoms with Gasteiger partial charge < -0.3 is 0 Å². The van der Waals surface area contributed by atoms with E-state index in [1.807, 2.05) is 36.4 Å². The third-order valence-corrected chi connectivity index (χ3v) is 10.8. The Labute approximate surface area is 220 Å². The highest BCUT2D eigenvalue weighted by Gasteiger charge is 2.31. The standard InChI is InChI=1S/C30H21Cl2N2OP/c31-26-20-22(21-27(32)30(26)35)33-34-28-18-10-11-19-29(28)36(23-12-4-1-5-13-23,24-14-6-2-7-15-24)25-16-8-3-9-17-25/h1-21H. The number of nitrogens with zero attached hydrogens (tertiary/aromatic N) is 2. The maximum absolute atomic E-state index is 11.9. The van der Waals surface area contributed by atoms with Crippen LogP contribution in [-0.2, 0) is 4.79 Å². The highest BCUT2D eigenvalue weighted by atomic mass is 35.5. The fourth-order valence-corrected chi connectivity index (χ4v) is 9.20. The molecule has 3 aromatic rings. The van der Waals surface area contributed by atoms with Crippen LogP contribution in [0.1, 0.15) is 0 Å². The lowest BCUT2D eigenvalue weighted by Gasteiger charge is -2.32. The molecule has 2 aliphatic rings. The molecule has 0 radical (unpaired) electrons. The van der Waals surface area contributed by atoms with E-state index in [1.54, 1.807) is 0 Å². The average Bonchev–Trinajstić information content (AvgIpc) is 2.93. The van der Waals surface area contributed by atoms with E-state index < -0.39 is 12.7 Å². The van der Waals surface area contributed by atoms with Gasteiger partial charge in [0.15, 0.2) is 0 Å². The largest absolute Gasteiger partial charge is 0.287 e. The quantitative estimate of drug-likeness (QED) is 0.237. The summed E-state index contributed by atoms with van der Waals surface area (Å²) in [4.78, 5) is 11.9. The summed E-state index contributed by atoms with van der Waals surface area (Å²) in [6, 6.07) is 31.7. The Morgan fingerprint density at radius 1 is 0.583 bits per heavy atom. The number of allylic oxidation sites excluding steroid dienone is 8. The molecular formula is C30H21Cl2N2OP. The summed E-state index contributed by atoms with van der Waals surface area (Å²) in [5.41, 5.74) is 1.16. The third kappa shape index (κ3) is 4.54. The maximum atomic E-state index is 11.9. The normalized spacial score (nSPS) is 16.7. The SMILES string of the molecule is O=C1C(Cl)=CC(=NN=C2C=CC=CC2=P(c2ccccc2)(c2ccccc2)c2ccccc2)C=C1Cl. The van der Waals surface area contributed by atoms with Crippen molar-refractivity contribution >= 4 is 68.5 Å². The molecule has 0 atom stereocenters. The minimum absolute atomic E-state index is 0.0180. The number of carbonyl (C=O) groups is 1. The van der Waals surface area contributed by atoms with Gasteiger partial charge in [0, 0.05) is 5.29 Å². The van der Waals surface area contributed by atoms with Crippen molar-refractivity contribution in [1.82, 2.24) is 0 Å².